The SMILES string of the molecule is CC1CC(Br)C=C2C=CN(C)C(O)C21. The summed E-state index contributed by atoms with van der Waals surface area (Å²) in [4.78, 5) is 2.34. The Balaban J connectivity index is 2.33. The van der Waals surface area contributed by atoms with Crippen LogP contribution >= 0.6 is 15.9 Å². The highest BCUT2D eigenvalue weighted by Gasteiger charge is 2.35. The Hall–Kier alpha value is -0.280. The molecule has 1 heterocycles. The first kappa shape index (κ1) is 10.2. The lowest BCUT2D eigenvalue weighted by Crippen LogP contribution is -2.43. The van der Waals surface area contributed by atoms with Crippen LogP contribution in [0.2, 0.25) is 0 Å². The molecule has 0 fully saturated rings. The number of hydrogen-bond acceptors (Lipinski definition) is 2. The molecule has 0 amide bonds. The van der Waals surface area contributed by atoms with Gasteiger partial charge < -0.3 is 10.0 Å². The van der Waals surface area contributed by atoms with Crippen molar-refractivity contribution in [3.05, 3.63) is 23.9 Å². The molecule has 1 N–H and O–H groups in total. The third-order valence-corrected chi connectivity index (χ3v) is 3.85. The van der Waals surface area contributed by atoms with Crippen molar-refractivity contribution < 1.29 is 5.11 Å². The third-order valence-electron chi connectivity index (χ3n) is 3.21. The first-order valence-corrected chi connectivity index (χ1v) is 5.95. The van der Waals surface area contributed by atoms with Crippen LogP contribution in [-0.4, -0.2) is 28.1 Å². The Morgan fingerprint density at radius 1 is 1.57 bits per heavy atom. The van der Waals surface area contributed by atoms with Gasteiger partial charge in [-0.25, -0.2) is 0 Å². The highest BCUT2D eigenvalue weighted by molar-refractivity contribution is 9.09. The molecule has 0 bridgehead atoms. The van der Waals surface area contributed by atoms with Crippen molar-refractivity contribution >= 4 is 15.9 Å². The average Bonchev–Trinajstić information content (AvgIpc) is 2.10. The molecule has 0 aromatic heterocycles. The predicted octanol–water partition coefficient (Wildman–Crippen LogP) is 2.11. The maximum Gasteiger partial charge on any atom is 0.133 e. The maximum atomic E-state index is 10.0. The van der Waals surface area contributed by atoms with Crippen molar-refractivity contribution in [2.45, 2.75) is 24.4 Å². The van der Waals surface area contributed by atoms with Crippen molar-refractivity contribution in [3.8, 4) is 0 Å². The van der Waals surface area contributed by atoms with Gasteiger partial charge in [-0.2, -0.15) is 0 Å². The summed E-state index contributed by atoms with van der Waals surface area (Å²) in [6.45, 7) is 2.21. The molecule has 0 aromatic rings. The average molecular weight is 258 g/mol. The van der Waals surface area contributed by atoms with Crippen LogP contribution in [0.4, 0.5) is 0 Å². The first-order valence-electron chi connectivity index (χ1n) is 5.03. The molecule has 4 atom stereocenters. The van der Waals surface area contributed by atoms with Crippen LogP contribution in [0.5, 0.6) is 0 Å². The van der Waals surface area contributed by atoms with Crippen LogP contribution in [0.25, 0.3) is 0 Å². The highest BCUT2D eigenvalue weighted by Crippen LogP contribution is 2.38. The lowest BCUT2D eigenvalue weighted by atomic mass is 9.77. The molecule has 0 saturated heterocycles. The smallest absolute Gasteiger partial charge is 0.133 e. The number of halogens is 1. The van der Waals surface area contributed by atoms with E-state index >= 15 is 0 Å². The number of aliphatic hydroxyl groups excluding tert-OH is 1. The molecule has 1 aliphatic heterocycles. The van der Waals surface area contributed by atoms with Gasteiger partial charge in [-0.3, -0.25) is 0 Å². The molecule has 14 heavy (non-hydrogen) atoms. The number of rotatable bonds is 0. The van der Waals surface area contributed by atoms with Crippen LogP contribution in [-0.2, 0) is 0 Å². The summed E-state index contributed by atoms with van der Waals surface area (Å²) in [5.41, 5.74) is 1.27. The molecular weight excluding hydrogens is 242 g/mol. The van der Waals surface area contributed by atoms with E-state index < -0.39 is 0 Å². The van der Waals surface area contributed by atoms with Crippen molar-refractivity contribution in [2.24, 2.45) is 11.8 Å². The normalized spacial score (nSPS) is 42.0. The van der Waals surface area contributed by atoms with Gasteiger partial charge in [0.05, 0.1) is 0 Å². The number of hydrogen-bond donors (Lipinski definition) is 1. The minimum atomic E-state index is -0.360. The van der Waals surface area contributed by atoms with E-state index in [4.69, 9.17) is 0 Å². The maximum absolute atomic E-state index is 10.0. The summed E-state index contributed by atoms with van der Waals surface area (Å²) >= 11 is 3.62. The van der Waals surface area contributed by atoms with E-state index in [-0.39, 0.29) is 12.1 Å². The van der Waals surface area contributed by atoms with Crippen LogP contribution < -0.4 is 0 Å². The molecule has 0 radical (unpaired) electrons. The summed E-state index contributed by atoms with van der Waals surface area (Å²) in [6.07, 6.45) is 7.03. The van der Waals surface area contributed by atoms with Crippen molar-refractivity contribution in [1.82, 2.24) is 4.90 Å². The Morgan fingerprint density at radius 3 is 3.00 bits per heavy atom. The molecule has 4 unspecified atom stereocenters. The predicted molar refractivity (Wildman–Crippen MR) is 61.0 cm³/mol. The summed E-state index contributed by atoms with van der Waals surface area (Å²) in [7, 11) is 1.92. The van der Waals surface area contributed by atoms with Gasteiger partial charge in [0.15, 0.2) is 0 Å². The lowest BCUT2D eigenvalue weighted by Gasteiger charge is -2.41. The fourth-order valence-electron chi connectivity index (χ4n) is 2.40. The zero-order chi connectivity index (χ0) is 10.3. The monoisotopic (exact) mass is 257 g/mol. The van der Waals surface area contributed by atoms with Gasteiger partial charge in [0.25, 0.3) is 0 Å². The van der Waals surface area contributed by atoms with Gasteiger partial charge in [0.2, 0.25) is 0 Å². The molecule has 0 aromatic carbocycles. The fourth-order valence-corrected chi connectivity index (χ4v) is 3.29. The van der Waals surface area contributed by atoms with Gasteiger partial charge in [-0.05, 0) is 24.0 Å². The Labute approximate surface area is 93.4 Å². The molecule has 0 saturated carbocycles. The zero-order valence-corrected chi connectivity index (χ0v) is 10.1. The van der Waals surface area contributed by atoms with Gasteiger partial charge in [-0.1, -0.05) is 28.9 Å². The summed E-state index contributed by atoms with van der Waals surface area (Å²) in [5.74, 6) is 0.806. The number of fused-ring (bicyclic) bond motifs is 1. The second-order valence-corrected chi connectivity index (χ2v) is 5.49. The van der Waals surface area contributed by atoms with Gasteiger partial charge >= 0.3 is 0 Å². The minimum Gasteiger partial charge on any atom is -0.373 e. The topological polar surface area (TPSA) is 23.5 Å². The molecule has 78 valence electrons. The molecule has 2 nitrogen and oxygen atoms in total. The largest absolute Gasteiger partial charge is 0.373 e. The molecule has 1 aliphatic carbocycles. The van der Waals surface area contributed by atoms with Gasteiger partial charge in [0, 0.05) is 24.0 Å². The highest BCUT2D eigenvalue weighted by atomic mass is 79.9. The molecule has 3 heteroatoms. The number of allylic oxidation sites excluding steroid dienone is 2. The van der Waals surface area contributed by atoms with Crippen molar-refractivity contribution in [3.63, 3.8) is 0 Å². The Bertz CT molecular complexity index is 287. The second kappa shape index (κ2) is 3.70. The van der Waals surface area contributed by atoms with Gasteiger partial charge in [-0.15, -0.1) is 0 Å². The summed E-state index contributed by atoms with van der Waals surface area (Å²) < 4.78 is 0. The minimum absolute atomic E-state index is 0.277. The molecule has 0 spiro atoms. The number of alkyl halides is 1. The van der Waals surface area contributed by atoms with E-state index in [0.29, 0.717) is 10.7 Å². The third kappa shape index (κ3) is 1.63. The number of aliphatic hydroxyl groups is 1. The van der Waals surface area contributed by atoms with Gasteiger partial charge in [0.1, 0.15) is 6.23 Å². The van der Waals surface area contributed by atoms with E-state index in [9.17, 15) is 5.11 Å². The van der Waals surface area contributed by atoms with E-state index in [1.54, 1.807) is 0 Å². The summed E-state index contributed by atoms with van der Waals surface area (Å²) in [6, 6.07) is 0. The number of nitrogens with zero attached hydrogens (tertiary/aromatic N) is 1. The van der Waals surface area contributed by atoms with Crippen LogP contribution in [0.15, 0.2) is 23.9 Å². The van der Waals surface area contributed by atoms with Crippen molar-refractivity contribution in [2.75, 3.05) is 7.05 Å². The fraction of sp³-hybridized carbons (Fsp3) is 0.636. The first-order chi connectivity index (χ1) is 6.59. The summed E-state index contributed by atoms with van der Waals surface area (Å²) in [5, 5.41) is 10.0. The van der Waals surface area contributed by atoms with Crippen LogP contribution in [0.3, 0.4) is 0 Å². The zero-order valence-electron chi connectivity index (χ0n) is 8.52. The van der Waals surface area contributed by atoms with Crippen molar-refractivity contribution in [1.29, 1.82) is 0 Å². The quantitative estimate of drug-likeness (QED) is 0.673. The second-order valence-electron chi connectivity index (χ2n) is 4.32. The van der Waals surface area contributed by atoms with E-state index in [1.165, 1.54) is 5.57 Å². The molecule has 2 rings (SSSR count). The molecular formula is C11H16BrNO. The van der Waals surface area contributed by atoms with Crippen LogP contribution in [0, 0.1) is 11.8 Å². The van der Waals surface area contributed by atoms with E-state index in [2.05, 4.69) is 35.0 Å². The van der Waals surface area contributed by atoms with E-state index in [0.717, 1.165) is 6.42 Å². The van der Waals surface area contributed by atoms with Crippen LogP contribution in [0.1, 0.15) is 13.3 Å². The Morgan fingerprint density at radius 2 is 2.29 bits per heavy atom. The lowest BCUT2D eigenvalue weighted by molar-refractivity contribution is -0.0104. The Kier molecular flexibility index (Phi) is 2.71. The van der Waals surface area contributed by atoms with E-state index in [1.807, 2.05) is 18.1 Å². The molecule has 2 aliphatic rings. The standard InChI is InChI=1S/C11H16BrNO/c1-7-5-9(12)6-8-3-4-13(2)11(14)10(7)8/h3-4,6-7,9-11,14H,5H2,1-2H3.